The maximum atomic E-state index is 10.9. The van der Waals surface area contributed by atoms with Crippen molar-refractivity contribution in [1.29, 1.82) is 0 Å². The number of rotatable bonds is 2. The first-order chi connectivity index (χ1) is 7.09. The van der Waals surface area contributed by atoms with Crippen LogP contribution in [0.1, 0.15) is 15.4 Å². The van der Waals surface area contributed by atoms with Crippen LogP contribution in [0.25, 0.3) is 11.4 Å². The highest BCUT2D eigenvalue weighted by molar-refractivity contribution is 7.08. The van der Waals surface area contributed by atoms with Gasteiger partial charge in [-0.1, -0.05) is 4.49 Å². The number of carboxylic acids is 1. The van der Waals surface area contributed by atoms with Gasteiger partial charge in [-0.25, -0.2) is 4.79 Å². The van der Waals surface area contributed by atoms with E-state index in [1.54, 1.807) is 17.8 Å². The van der Waals surface area contributed by atoms with Crippen molar-refractivity contribution < 1.29 is 9.90 Å². The molecular formula is C8H8N4O2S. The van der Waals surface area contributed by atoms with Gasteiger partial charge >= 0.3 is 5.97 Å². The summed E-state index contributed by atoms with van der Waals surface area (Å²) in [7, 11) is 1.74. The lowest BCUT2D eigenvalue weighted by atomic mass is 10.2. The van der Waals surface area contributed by atoms with E-state index in [0.717, 1.165) is 17.2 Å². The van der Waals surface area contributed by atoms with Crippen molar-refractivity contribution >= 4 is 17.5 Å². The first-order valence-corrected chi connectivity index (χ1v) is 4.93. The van der Waals surface area contributed by atoms with Crippen molar-refractivity contribution in [3.8, 4) is 11.4 Å². The van der Waals surface area contributed by atoms with Crippen LogP contribution in [-0.2, 0) is 7.05 Å². The minimum atomic E-state index is -1.01. The Kier molecular flexibility index (Phi) is 2.24. The normalized spacial score (nSPS) is 10.5. The number of nitrogens with zero attached hydrogens (tertiary/aromatic N) is 4. The van der Waals surface area contributed by atoms with E-state index in [9.17, 15) is 4.79 Å². The lowest BCUT2D eigenvalue weighted by molar-refractivity contribution is 0.0702. The monoisotopic (exact) mass is 224 g/mol. The summed E-state index contributed by atoms with van der Waals surface area (Å²) in [5, 5.41) is 16.9. The Morgan fingerprint density at radius 1 is 1.60 bits per heavy atom. The average molecular weight is 224 g/mol. The van der Waals surface area contributed by atoms with E-state index < -0.39 is 5.97 Å². The molecule has 0 fully saturated rings. The SMILES string of the molecule is Cc1cc(-c2nnsc2C(=O)O)n(C)n1. The van der Waals surface area contributed by atoms with Crippen LogP contribution in [0.3, 0.4) is 0 Å². The number of hydrogen-bond donors (Lipinski definition) is 1. The van der Waals surface area contributed by atoms with Crippen LogP contribution in [0.2, 0.25) is 0 Å². The lowest BCUT2D eigenvalue weighted by Gasteiger charge is -1.97. The minimum absolute atomic E-state index is 0.137. The molecule has 0 unspecified atom stereocenters. The van der Waals surface area contributed by atoms with Gasteiger partial charge in [0.15, 0.2) is 4.88 Å². The third-order valence-electron chi connectivity index (χ3n) is 1.93. The molecule has 0 amide bonds. The maximum absolute atomic E-state index is 10.9. The van der Waals surface area contributed by atoms with E-state index in [1.807, 2.05) is 6.92 Å². The molecule has 6 nitrogen and oxygen atoms in total. The Balaban J connectivity index is 2.58. The Morgan fingerprint density at radius 3 is 2.87 bits per heavy atom. The molecule has 2 rings (SSSR count). The van der Waals surface area contributed by atoms with Gasteiger partial charge in [-0.15, -0.1) is 5.10 Å². The van der Waals surface area contributed by atoms with E-state index in [-0.39, 0.29) is 4.88 Å². The molecule has 7 heteroatoms. The molecule has 0 aliphatic rings. The second-order valence-electron chi connectivity index (χ2n) is 3.05. The molecule has 2 aromatic heterocycles. The van der Waals surface area contributed by atoms with Gasteiger partial charge in [0.1, 0.15) is 5.69 Å². The van der Waals surface area contributed by atoms with Crippen molar-refractivity contribution in [1.82, 2.24) is 19.4 Å². The first kappa shape index (κ1) is 9.78. The Labute approximate surface area is 89.3 Å². The lowest BCUT2D eigenvalue weighted by Crippen LogP contribution is -2.00. The van der Waals surface area contributed by atoms with Crippen molar-refractivity contribution in [3.63, 3.8) is 0 Å². The van der Waals surface area contributed by atoms with E-state index in [4.69, 9.17) is 5.11 Å². The third-order valence-corrected chi connectivity index (χ3v) is 2.64. The molecule has 15 heavy (non-hydrogen) atoms. The summed E-state index contributed by atoms with van der Waals surface area (Å²) in [6, 6.07) is 1.78. The summed E-state index contributed by atoms with van der Waals surface area (Å²) in [6.45, 7) is 1.84. The molecule has 0 radical (unpaired) electrons. The van der Waals surface area contributed by atoms with Crippen molar-refractivity contribution in [3.05, 3.63) is 16.6 Å². The molecule has 0 saturated carbocycles. The second-order valence-corrected chi connectivity index (χ2v) is 3.80. The van der Waals surface area contributed by atoms with E-state index in [1.165, 1.54) is 0 Å². The summed E-state index contributed by atoms with van der Waals surface area (Å²) in [6.07, 6.45) is 0. The van der Waals surface area contributed by atoms with Gasteiger partial charge in [-0.3, -0.25) is 4.68 Å². The highest BCUT2D eigenvalue weighted by Gasteiger charge is 2.19. The fourth-order valence-electron chi connectivity index (χ4n) is 1.33. The van der Waals surface area contributed by atoms with Crippen LogP contribution < -0.4 is 0 Å². The van der Waals surface area contributed by atoms with E-state index >= 15 is 0 Å². The summed E-state index contributed by atoms with van der Waals surface area (Å²) in [5.41, 5.74) is 1.85. The Hall–Kier alpha value is -1.76. The van der Waals surface area contributed by atoms with Gasteiger partial charge < -0.3 is 5.11 Å². The van der Waals surface area contributed by atoms with Crippen LogP contribution in [-0.4, -0.2) is 30.4 Å². The molecule has 2 aromatic rings. The van der Waals surface area contributed by atoms with Gasteiger partial charge in [0.25, 0.3) is 0 Å². The molecule has 0 spiro atoms. The molecule has 2 heterocycles. The van der Waals surface area contributed by atoms with E-state index in [2.05, 4.69) is 14.7 Å². The molecule has 0 aliphatic carbocycles. The Morgan fingerprint density at radius 2 is 2.33 bits per heavy atom. The molecule has 0 atom stereocenters. The van der Waals surface area contributed by atoms with Crippen molar-refractivity contribution in [2.24, 2.45) is 7.05 Å². The standard InChI is InChI=1S/C8H8N4O2S/c1-4-3-5(12(2)10-4)6-7(8(13)14)15-11-9-6/h3H,1-2H3,(H,13,14). The number of aromatic nitrogens is 4. The molecule has 0 aliphatic heterocycles. The fraction of sp³-hybridized carbons (Fsp3) is 0.250. The summed E-state index contributed by atoms with van der Waals surface area (Å²) in [4.78, 5) is 11.0. The third kappa shape index (κ3) is 1.61. The topological polar surface area (TPSA) is 80.9 Å². The fourth-order valence-corrected chi connectivity index (χ4v) is 1.84. The van der Waals surface area contributed by atoms with Crippen LogP contribution in [0, 0.1) is 6.92 Å². The largest absolute Gasteiger partial charge is 0.477 e. The van der Waals surface area contributed by atoms with Gasteiger partial charge in [-0.2, -0.15) is 5.10 Å². The van der Waals surface area contributed by atoms with Crippen LogP contribution in [0.5, 0.6) is 0 Å². The number of aryl methyl sites for hydroxylation is 2. The van der Waals surface area contributed by atoms with Crippen LogP contribution >= 0.6 is 11.5 Å². The van der Waals surface area contributed by atoms with Crippen molar-refractivity contribution in [2.45, 2.75) is 6.92 Å². The van der Waals surface area contributed by atoms with E-state index in [0.29, 0.717) is 11.4 Å². The number of carbonyl (C=O) groups is 1. The molecular weight excluding hydrogens is 216 g/mol. The molecule has 0 bridgehead atoms. The van der Waals surface area contributed by atoms with Gasteiger partial charge in [0, 0.05) is 7.05 Å². The number of aromatic carboxylic acids is 1. The van der Waals surface area contributed by atoms with Crippen molar-refractivity contribution in [2.75, 3.05) is 0 Å². The quantitative estimate of drug-likeness (QED) is 0.821. The first-order valence-electron chi connectivity index (χ1n) is 4.16. The smallest absolute Gasteiger partial charge is 0.349 e. The van der Waals surface area contributed by atoms with Gasteiger partial charge in [0.05, 0.1) is 11.4 Å². The Bertz CT molecular complexity index is 516. The van der Waals surface area contributed by atoms with Gasteiger partial charge in [-0.05, 0) is 24.5 Å². The maximum Gasteiger partial charge on any atom is 0.349 e. The molecule has 1 N–H and O–H groups in total. The van der Waals surface area contributed by atoms with Crippen LogP contribution in [0.15, 0.2) is 6.07 Å². The van der Waals surface area contributed by atoms with Gasteiger partial charge in [0.2, 0.25) is 0 Å². The van der Waals surface area contributed by atoms with Crippen LogP contribution in [0.4, 0.5) is 0 Å². The zero-order chi connectivity index (χ0) is 11.0. The zero-order valence-corrected chi connectivity index (χ0v) is 8.95. The highest BCUT2D eigenvalue weighted by Crippen LogP contribution is 2.23. The predicted molar refractivity (Wildman–Crippen MR) is 53.8 cm³/mol. The summed E-state index contributed by atoms with van der Waals surface area (Å²) >= 11 is 0.869. The summed E-state index contributed by atoms with van der Waals surface area (Å²) < 4.78 is 5.24. The summed E-state index contributed by atoms with van der Waals surface area (Å²) in [5.74, 6) is -1.01. The number of hydrogen-bond acceptors (Lipinski definition) is 5. The zero-order valence-electron chi connectivity index (χ0n) is 8.13. The number of carboxylic acid groups (broad SMARTS) is 1. The molecule has 78 valence electrons. The average Bonchev–Trinajstić information content (AvgIpc) is 2.71. The predicted octanol–water partition coefficient (Wildman–Crippen LogP) is 0.945. The molecule has 0 saturated heterocycles. The minimum Gasteiger partial charge on any atom is -0.477 e. The highest BCUT2D eigenvalue weighted by atomic mass is 32.1. The molecule has 0 aromatic carbocycles. The second kappa shape index (κ2) is 3.43.